The molecule has 0 spiro atoms. The molecule has 2 nitrogen and oxygen atoms in total. The van der Waals surface area contributed by atoms with E-state index in [0.717, 1.165) is 11.3 Å². The Labute approximate surface area is 119 Å². The van der Waals surface area contributed by atoms with Crippen molar-refractivity contribution in [2.24, 2.45) is 0 Å². The summed E-state index contributed by atoms with van der Waals surface area (Å²) in [6.07, 6.45) is 1.72. The Kier molecular flexibility index (Phi) is 5.03. The van der Waals surface area contributed by atoms with Crippen LogP contribution in [0, 0.1) is 0 Å². The minimum atomic E-state index is -4.24. The minimum absolute atomic E-state index is 0.100. The maximum atomic E-state index is 12.2. The lowest BCUT2D eigenvalue weighted by atomic mass is 10.2. The van der Waals surface area contributed by atoms with Crippen LogP contribution in [0.15, 0.2) is 53.6 Å². The van der Waals surface area contributed by atoms with Crippen LogP contribution in [0.2, 0.25) is 0 Å². The molecule has 0 aliphatic rings. The Bertz CT molecular complexity index is 526. The van der Waals surface area contributed by atoms with Crippen molar-refractivity contribution >= 4 is 11.8 Å². The van der Waals surface area contributed by atoms with Crippen LogP contribution in [-0.2, 0) is 13.1 Å². The molecule has 1 aromatic carbocycles. The first-order valence-corrected chi connectivity index (χ1v) is 6.80. The number of hydrogen-bond donors (Lipinski definition) is 1. The summed E-state index contributed by atoms with van der Waals surface area (Å²) in [5.74, 6) is 0. The molecule has 0 amide bonds. The number of pyridine rings is 1. The molecule has 0 saturated carbocycles. The molecule has 0 bridgehead atoms. The van der Waals surface area contributed by atoms with Crippen molar-refractivity contribution in [2.75, 3.05) is 0 Å². The maximum Gasteiger partial charge on any atom is 0.446 e. The molecule has 1 aromatic heterocycles. The number of thioether (sulfide) groups is 1. The fourth-order valence-corrected chi connectivity index (χ4v) is 2.19. The summed E-state index contributed by atoms with van der Waals surface area (Å²) >= 11 is -0.100. The Morgan fingerprint density at radius 1 is 1.00 bits per heavy atom. The normalized spacial score (nSPS) is 11.6. The van der Waals surface area contributed by atoms with Gasteiger partial charge in [-0.15, -0.1) is 0 Å². The fourth-order valence-electron chi connectivity index (χ4n) is 1.65. The molecule has 2 aromatic rings. The number of aromatic nitrogens is 1. The molecule has 0 fully saturated rings. The molecular formula is C14H13F3N2S. The molecular weight excluding hydrogens is 285 g/mol. The van der Waals surface area contributed by atoms with Crippen molar-refractivity contribution in [3.8, 4) is 0 Å². The van der Waals surface area contributed by atoms with Gasteiger partial charge in [0.05, 0.1) is 5.69 Å². The Hall–Kier alpha value is -1.53. The lowest BCUT2D eigenvalue weighted by Crippen LogP contribution is -2.13. The predicted octanol–water partition coefficient (Wildman–Crippen LogP) is 3.98. The van der Waals surface area contributed by atoms with Gasteiger partial charge in [0.15, 0.2) is 0 Å². The zero-order valence-electron chi connectivity index (χ0n) is 10.5. The highest BCUT2D eigenvalue weighted by Crippen LogP contribution is 2.36. The maximum absolute atomic E-state index is 12.2. The van der Waals surface area contributed by atoms with E-state index in [1.807, 2.05) is 18.2 Å². The molecule has 1 heterocycles. The van der Waals surface area contributed by atoms with Gasteiger partial charge in [0.25, 0.3) is 0 Å². The average molecular weight is 298 g/mol. The summed E-state index contributed by atoms with van der Waals surface area (Å²) in [6.45, 7) is 1.22. The van der Waals surface area contributed by atoms with Gasteiger partial charge in [0, 0.05) is 24.2 Å². The van der Waals surface area contributed by atoms with Gasteiger partial charge in [0.1, 0.15) is 0 Å². The summed E-state index contributed by atoms with van der Waals surface area (Å²) in [5, 5.41) is 3.19. The standard InChI is InChI=1S/C14H13F3N2S/c15-14(16,17)20-13-6-4-11(5-7-13)9-18-10-12-3-1-2-8-19-12/h1-8,18H,9-10H2. The number of halogens is 3. The number of benzene rings is 1. The molecule has 0 radical (unpaired) electrons. The van der Waals surface area contributed by atoms with Crippen molar-refractivity contribution < 1.29 is 13.2 Å². The SMILES string of the molecule is FC(F)(F)Sc1ccc(CNCc2ccccn2)cc1. The molecule has 1 N–H and O–H groups in total. The Morgan fingerprint density at radius 3 is 2.35 bits per heavy atom. The first-order valence-electron chi connectivity index (χ1n) is 5.98. The van der Waals surface area contributed by atoms with Gasteiger partial charge in [-0.25, -0.2) is 0 Å². The molecule has 0 aliphatic heterocycles. The van der Waals surface area contributed by atoms with E-state index in [1.54, 1.807) is 18.3 Å². The monoisotopic (exact) mass is 298 g/mol. The predicted molar refractivity (Wildman–Crippen MR) is 73.1 cm³/mol. The Morgan fingerprint density at radius 2 is 1.75 bits per heavy atom. The fraction of sp³-hybridized carbons (Fsp3) is 0.214. The highest BCUT2D eigenvalue weighted by atomic mass is 32.2. The second-order valence-corrected chi connectivity index (χ2v) is 5.25. The smallest absolute Gasteiger partial charge is 0.307 e. The van der Waals surface area contributed by atoms with Gasteiger partial charge >= 0.3 is 5.51 Å². The molecule has 6 heteroatoms. The first kappa shape index (κ1) is 14.9. The zero-order valence-corrected chi connectivity index (χ0v) is 11.3. The van der Waals surface area contributed by atoms with Crippen LogP contribution in [0.25, 0.3) is 0 Å². The third-order valence-electron chi connectivity index (χ3n) is 2.52. The van der Waals surface area contributed by atoms with Gasteiger partial charge in [-0.05, 0) is 41.6 Å². The molecule has 20 heavy (non-hydrogen) atoms. The highest BCUT2D eigenvalue weighted by molar-refractivity contribution is 8.00. The number of rotatable bonds is 5. The van der Waals surface area contributed by atoms with Gasteiger partial charge in [-0.3, -0.25) is 4.98 Å². The van der Waals surface area contributed by atoms with Crippen molar-refractivity contribution in [1.29, 1.82) is 0 Å². The van der Waals surface area contributed by atoms with Crippen LogP contribution in [0.4, 0.5) is 13.2 Å². The van der Waals surface area contributed by atoms with Crippen LogP contribution in [-0.4, -0.2) is 10.5 Å². The second-order valence-electron chi connectivity index (χ2n) is 4.12. The number of nitrogens with zero attached hydrogens (tertiary/aromatic N) is 1. The lowest BCUT2D eigenvalue weighted by Gasteiger charge is -2.07. The summed E-state index contributed by atoms with van der Waals surface area (Å²) in [5.41, 5.74) is -2.37. The van der Waals surface area contributed by atoms with Crippen molar-refractivity contribution in [2.45, 2.75) is 23.5 Å². The number of alkyl halides is 3. The summed E-state index contributed by atoms with van der Waals surface area (Å²) in [4.78, 5) is 4.37. The van der Waals surface area contributed by atoms with E-state index in [4.69, 9.17) is 0 Å². The zero-order chi connectivity index (χ0) is 14.4. The molecule has 0 aliphatic carbocycles. The minimum Gasteiger partial charge on any atom is -0.307 e. The largest absolute Gasteiger partial charge is 0.446 e. The number of hydrogen-bond acceptors (Lipinski definition) is 3. The van der Waals surface area contributed by atoms with Crippen LogP contribution >= 0.6 is 11.8 Å². The average Bonchev–Trinajstić information content (AvgIpc) is 2.40. The van der Waals surface area contributed by atoms with E-state index in [9.17, 15) is 13.2 Å². The van der Waals surface area contributed by atoms with Crippen LogP contribution in [0.3, 0.4) is 0 Å². The molecule has 106 valence electrons. The second kappa shape index (κ2) is 6.76. The van der Waals surface area contributed by atoms with Crippen LogP contribution in [0.1, 0.15) is 11.3 Å². The van der Waals surface area contributed by atoms with Gasteiger partial charge < -0.3 is 5.32 Å². The van der Waals surface area contributed by atoms with Gasteiger partial charge in [0.2, 0.25) is 0 Å². The van der Waals surface area contributed by atoms with Gasteiger partial charge in [-0.1, -0.05) is 18.2 Å². The van der Waals surface area contributed by atoms with E-state index < -0.39 is 5.51 Å². The topological polar surface area (TPSA) is 24.9 Å². The Balaban J connectivity index is 1.82. The quantitative estimate of drug-likeness (QED) is 0.845. The van der Waals surface area contributed by atoms with E-state index in [-0.39, 0.29) is 16.7 Å². The summed E-state index contributed by atoms with van der Waals surface area (Å²) in [7, 11) is 0. The van der Waals surface area contributed by atoms with E-state index in [1.165, 1.54) is 12.1 Å². The van der Waals surface area contributed by atoms with E-state index >= 15 is 0 Å². The lowest BCUT2D eigenvalue weighted by molar-refractivity contribution is -0.0328. The molecule has 0 saturated heterocycles. The summed E-state index contributed by atoms with van der Waals surface area (Å²) in [6, 6.07) is 12.0. The van der Waals surface area contributed by atoms with E-state index in [2.05, 4.69) is 10.3 Å². The van der Waals surface area contributed by atoms with E-state index in [0.29, 0.717) is 13.1 Å². The third-order valence-corrected chi connectivity index (χ3v) is 3.26. The van der Waals surface area contributed by atoms with Crippen LogP contribution < -0.4 is 5.32 Å². The molecule has 0 atom stereocenters. The number of nitrogens with one attached hydrogen (secondary N) is 1. The highest BCUT2D eigenvalue weighted by Gasteiger charge is 2.28. The van der Waals surface area contributed by atoms with Crippen molar-refractivity contribution in [1.82, 2.24) is 10.3 Å². The molecule has 2 rings (SSSR count). The molecule has 0 unspecified atom stereocenters. The van der Waals surface area contributed by atoms with Crippen molar-refractivity contribution in [3.05, 3.63) is 59.9 Å². The third kappa shape index (κ3) is 5.22. The first-order chi connectivity index (χ1) is 9.53. The summed E-state index contributed by atoms with van der Waals surface area (Å²) < 4.78 is 36.5. The van der Waals surface area contributed by atoms with Gasteiger partial charge in [-0.2, -0.15) is 13.2 Å². The van der Waals surface area contributed by atoms with Crippen LogP contribution in [0.5, 0.6) is 0 Å². The van der Waals surface area contributed by atoms with Crippen molar-refractivity contribution in [3.63, 3.8) is 0 Å².